The van der Waals surface area contributed by atoms with Crippen molar-refractivity contribution in [1.82, 2.24) is 10.9 Å². The minimum Gasteiger partial charge on any atom is -0.507 e. The van der Waals surface area contributed by atoms with Crippen LogP contribution in [0.5, 0.6) is 5.75 Å². The van der Waals surface area contributed by atoms with Crippen LogP contribution in [-0.4, -0.2) is 22.6 Å². The topological polar surface area (TPSA) is 100 Å². The molecule has 0 bridgehead atoms. The lowest BCUT2D eigenvalue weighted by Crippen LogP contribution is -2.44. The average molecular weight is 339 g/mol. The first-order valence-electron chi connectivity index (χ1n) is 7.72. The average Bonchev–Trinajstić information content (AvgIpc) is 3.10. The number of oxime groups is 1. The van der Waals surface area contributed by atoms with Gasteiger partial charge in [-0.25, -0.2) is 0 Å². The fourth-order valence-corrected chi connectivity index (χ4v) is 2.44. The summed E-state index contributed by atoms with van der Waals surface area (Å²) >= 11 is 0. The van der Waals surface area contributed by atoms with Crippen LogP contribution in [0.1, 0.15) is 34.0 Å². The van der Waals surface area contributed by atoms with Crippen LogP contribution in [0.15, 0.2) is 53.7 Å². The summed E-state index contributed by atoms with van der Waals surface area (Å²) in [5.41, 5.74) is 6.52. The van der Waals surface area contributed by atoms with Gasteiger partial charge in [-0.1, -0.05) is 41.6 Å². The fourth-order valence-electron chi connectivity index (χ4n) is 2.44. The maximum Gasteiger partial charge on any atom is 0.287 e. The fraction of sp³-hybridized carbons (Fsp3) is 0.167. The summed E-state index contributed by atoms with van der Waals surface area (Å²) in [6.45, 7) is 1.80. The van der Waals surface area contributed by atoms with E-state index in [0.29, 0.717) is 6.42 Å². The molecule has 7 heteroatoms. The number of nitrogens with one attached hydrogen (secondary N) is 2. The summed E-state index contributed by atoms with van der Waals surface area (Å²) in [6, 6.07) is 14.1. The van der Waals surface area contributed by atoms with Gasteiger partial charge in [-0.3, -0.25) is 20.4 Å². The molecule has 0 radical (unpaired) electrons. The molecule has 3 rings (SSSR count). The highest BCUT2D eigenvalue weighted by atomic mass is 16.6. The lowest BCUT2D eigenvalue weighted by Gasteiger charge is -2.09. The lowest BCUT2D eigenvalue weighted by atomic mass is 10.0. The lowest BCUT2D eigenvalue weighted by molar-refractivity contribution is -0.115. The number of benzene rings is 2. The molecule has 2 amide bonds. The quantitative estimate of drug-likeness (QED) is 0.745. The third-order valence-corrected chi connectivity index (χ3v) is 3.79. The Balaban J connectivity index is 1.55. The number of aryl methyl sites for hydroxylation is 1. The van der Waals surface area contributed by atoms with Crippen molar-refractivity contribution in [3.05, 3.63) is 65.2 Å². The molecule has 1 aliphatic rings. The minimum absolute atomic E-state index is 0.0673. The molecule has 1 aliphatic heterocycles. The monoisotopic (exact) mass is 339 g/mol. The molecule has 2 aromatic carbocycles. The van der Waals surface area contributed by atoms with Crippen molar-refractivity contribution in [2.45, 2.75) is 19.4 Å². The van der Waals surface area contributed by atoms with Gasteiger partial charge >= 0.3 is 0 Å². The second-order valence-corrected chi connectivity index (χ2v) is 5.68. The third kappa shape index (κ3) is 3.77. The largest absolute Gasteiger partial charge is 0.507 e. The highest BCUT2D eigenvalue weighted by molar-refractivity contribution is 6.39. The molecule has 0 aliphatic carbocycles. The molecule has 2 aromatic rings. The smallest absolute Gasteiger partial charge is 0.287 e. The van der Waals surface area contributed by atoms with Crippen LogP contribution >= 0.6 is 0 Å². The number of carbonyl (C=O) groups excluding carboxylic acids is 2. The zero-order chi connectivity index (χ0) is 17.8. The number of aromatic hydroxyl groups is 1. The van der Waals surface area contributed by atoms with Gasteiger partial charge in [0, 0.05) is 6.42 Å². The standard InChI is InChI=1S/C18H17N3O4/c1-11-7-8-13(15(22)9-11)17(23)19-20-18(24)14-10-16(25-21-14)12-5-3-2-4-6-12/h2-9,16,22H,10H2,1H3,(H,19,23)(H,20,24)/t16-/m0/s1. The number of rotatable bonds is 3. The summed E-state index contributed by atoms with van der Waals surface area (Å²) in [5, 5.41) is 13.6. The summed E-state index contributed by atoms with van der Waals surface area (Å²) in [4.78, 5) is 29.4. The number of phenolic OH excluding ortho intramolecular Hbond substituents is 1. The third-order valence-electron chi connectivity index (χ3n) is 3.79. The summed E-state index contributed by atoms with van der Waals surface area (Å²) < 4.78 is 0. The number of hydrogen-bond acceptors (Lipinski definition) is 5. The van der Waals surface area contributed by atoms with Crippen molar-refractivity contribution in [2.24, 2.45) is 5.16 Å². The van der Waals surface area contributed by atoms with Crippen molar-refractivity contribution in [2.75, 3.05) is 0 Å². The Kier molecular flexibility index (Phi) is 4.65. The maximum atomic E-state index is 12.1. The molecule has 0 spiro atoms. The summed E-state index contributed by atoms with van der Waals surface area (Å²) in [6.07, 6.45) is -0.0135. The number of carbonyl (C=O) groups is 2. The van der Waals surface area contributed by atoms with E-state index in [1.807, 2.05) is 30.3 Å². The molecular formula is C18H17N3O4. The molecule has 3 N–H and O–H groups in total. The van der Waals surface area contributed by atoms with Crippen molar-refractivity contribution < 1.29 is 19.5 Å². The van der Waals surface area contributed by atoms with Crippen LogP contribution in [0.3, 0.4) is 0 Å². The normalized spacial score (nSPS) is 15.9. The summed E-state index contributed by atoms with van der Waals surface area (Å²) in [7, 11) is 0. The Labute approximate surface area is 144 Å². The predicted molar refractivity (Wildman–Crippen MR) is 90.8 cm³/mol. The number of amides is 2. The number of phenols is 1. The SMILES string of the molecule is Cc1ccc(C(=O)NNC(=O)C2=NO[C@H](c3ccccc3)C2)c(O)c1. The van der Waals surface area contributed by atoms with Crippen LogP contribution < -0.4 is 10.9 Å². The molecule has 7 nitrogen and oxygen atoms in total. The second kappa shape index (κ2) is 7.04. The second-order valence-electron chi connectivity index (χ2n) is 5.68. The van der Waals surface area contributed by atoms with Gasteiger partial charge in [0.05, 0.1) is 5.56 Å². The van der Waals surface area contributed by atoms with Gasteiger partial charge in [-0.05, 0) is 30.2 Å². The van der Waals surface area contributed by atoms with Gasteiger partial charge in [0.1, 0.15) is 5.75 Å². The zero-order valence-corrected chi connectivity index (χ0v) is 13.5. The van der Waals surface area contributed by atoms with Crippen LogP contribution in [0.2, 0.25) is 0 Å². The van der Waals surface area contributed by atoms with Gasteiger partial charge in [0.15, 0.2) is 11.8 Å². The first-order valence-corrected chi connectivity index (χ1v) is 7.72. The highest BCUT2D eigenvalue weighted by Crippen LogP contribution is 2.26. The number of hydrogen-bond donors (Lipinski definition) is 3. The van der Waals surface area contributed by atoms with Gasteiger partial charge in [-0.15, -0.1) is 0 Å². The van der Waals surface area contributed by atoms with E-state index in [0.717, 1.165) is 11.1 Å². The first-order chi connectivity index (χ1) is 12.0. The Morgan fingerprint density at radius 1 is 1.12 bits per heavy atom. The predicted octanol–water partition coefficient (Wildman–Crippen LogP) is 1.98. The molecule has 0 saturated carbocycles. The highest BCUT2D eigenvalue weighted by Gasteiger charge is 2.27. The molecule has 0 saturated heterocycles. The van der Waals surface area contributed by atoms with Gasteiger partial charge < -0.3 is 9.94 Å². The van der Waals surface area contributed by atoms with E-state index in [2.05, 4.69) is 16.0 Å². The Morgan fingerprint density at radius 3 is 2.56 bits per heavy atom. The minimum atomic E-state index is -0.620. The van der Waals surface area contributed by atoms with Crippen molar-refractivity contribution >= 4 is 17.5 Å². The molecule has 0 unspecified atom stereocenters. The molecule has 0 aromatic heterocycles. The van der Waals surface area contributed by atoms with Crippen molar-refractivity contribution in [3.63, 3.8) is 0 Å². The molecule has 25 heavy (non-hydrogen) atoms. The molecule has 1 atom stereocenters. The van der Waals surface area contributed by atoms with Gasteiger partial charge in [0.2, 0.25) is 0 Å². The number of nitrogens with zero attached hydrogens (tertiary/aromatic N) is 1. The van der Waals surface area contributed by atoms with Crippen LogP contribution in [0.25, 0.3) is 0 Å². The zero-order valence-electron chi connectivity index (χ0n) is 13.5. The van der Waals surface area contributed by atoms with E-state index in [9.17, 15) is 14.7 Å². The van der Waals surface area contributed by atoms with Crippen LogP contribution in [-0.2, 0) is 9.63 Å². The maximum absolute atomic E-state index is 12.1. The summed E-state index contributed by atoms with van der Waals surface area (Å²) in [5.74, 6) is -1.33. The van der Waals surface area contributed by atoms with E-state index >= 15 is 0 Å². The van der Waals surface area contributed by atoms with Crippen LogP contribution in [0, 0.1) is 6.92 Å². The van der Waals surface area contributed by atoms with E-state index < -0.39 is 11.8 Å². The Morgan fingerprint density at radius 2 is 1.84 bits per heavy atom. The molecule has 0 fully saturated rings. The van der Waals surface area contributed by atoms with Gasteiger partial charge in [-0.2, -0.15) is 0 Å². The van der Waals surface area contributed by atoms with E-state index in [1.165, 1.54) is 12.1 Å². The van der Waals surface area contributed by atoms with Crippen molar-refractivity contribution in [1.29, 1.82) is 0 Å². The van der Waals surface area contributed by atoms with Crippen LogP contribution in [0.4, 0.5) is 0 Å². The van der Waals surface area contributed by atoms with Gasteiger partial charge in [0.25, 0.3) is 11.8 Å². The first kappa shape index (κ1) is 16.5. The van der Waals surface area contributed by atoms with E-state index in [-0.39, 0.29) is 23.1 Å². The molecule has 1 heterocycles. The molecule has 128 valence electrons. The van der Waals surface area contributed by atoms with E-state index in [4.69, 9.17) is 4.84 Å². The Hall–Kier alpha value is -3.35. The molecular weight excluding hydrogens is 322 g/mol. The number of hydrazine groups is 1. The van der Waals surface area contributed by atoms with E-state index in [1.54, 1.807) is 13.0 Å². The van der Waals surface area contributed by atoms with Crippen molar-refractivity contribution in [3.8, 4) is 5.75 Å². The Bertz CT molecular complexity index is 833.